The van der Waals surface area contributed by atoms with Crippen molar-refractivity contribution in [1.82, 2.24) is 9.97 Å². The van der Waals surface area contributed by atoms with Gasteiger partial charge in [0.05, 0.1) is 6.20 Å². The Labute approximate surface area is 111 Å². The molecule has 1 amide bonds. The lowest BCUT2D eigenvalue weighted by molar-refractivity contribution is 0.102. The minimum Gasteiger partial charge on any atom is -0.385 e. The van der Waals surface area contributed by atoms with Crippen LogP contribution in [0.1, 0.15) is 22.3 Å². The smallest absolute Gasteiger partial charge is 0.256 e. The molecule has 19 heavy (non-hydrogen) atoms. The van der Waals surface area contributed by atoms with Crippen molar-refractivity contribution in [2.45, 2.75) is 12.8 Å². The van der Waals surface area contributed by atoms with Crippen LogP contribution in [0.3, 0.4) is 0 Å². The molecule has 2 aromatic rings. The van der Waals surface area contributed by atoms with E-state index in [4.69, 9.17) is 0 Å². The summed E-state index contributed by atoms with van der Waals surface area (Å²) in [7, 11) is 0. The second-order valence-electron chi connectivity index (χ2n) is 4.45. The molecule has 0 atom stereocenters. The fourth-order valence-corrected chi connectivity index (χ4v) is 2.17. The van der Waals surface area contributed by atoms with E-state index in [2.05, 4.69) is 20.6 Å². The molecule has 3 rings (SSSR count). The van der Waals surface area contributed by atoms with Crippen molar-refractivity contribution in [3.63, 3.8) is 0 Å². The maximum absolute atomic E-state index is 12.1. The Morgan fingerprint density at radius 1 is 1.32 bits per heavy atom. The van der Waals surface area contributed by atoms with E-state index in [9.17, 15) is 4.79 Å². The molecule has 0 saturated heterocycles. The highest BCUT2D eigenvalue weighted by molar-refractivity contribution is 6.04. The number of amides is 1. The topological polar surface area (TPSA) is 66.9 Å². The van der Waals surface area contributed by atoms with Gasteiger partial charge in [-0.3, -0.25) is 9.78 Å². The first kappa shape index (κ1) is 11.6. The first-order valence-electron chi connectivity index (χ1n) is 6.27. The average molecular weight is 254 g/mol. The monoisotopic (exact) mass is 254 g/mol. The van der Waals surface area contributed by atoms with Crippen LogP contribution in [0.5, 0.6) is 0 Å². The zero-order valence-corrected chi connectivity index (χ0v) is 10.4. The van der Waals surface area contributed by atoms with Gasteiger partial charge in [0.25, 0.3) is 5.91 Å². The van der Waals surface area contributed by atoms with E-state index < -0.39 is 0 Å². The Kier molecular flexibility index (Phi) is 3.10. The third kappa shape index (κ3) is 2.54. The number of hydrogen-bond donors (Lipinski definition) is 2. The number of aromatic nitrogens is 2. The zero-order valence-electron chi connectivity index (χ0n) is 10.4. The average Bonchev–Trinajstić information content (AvgIpc) is 2.48. The van der Waals surface area contributed by atoms with E-state index in [-0.39, 0.29) is 5.91 Å². The van der Waals surface area contributed by atoms with Crippen molar-refractivity contribution in [2.75, 3.05) is 17.2 Å². The number of rotatable bonds is 2. The lowest BCUT2D eigenvalue weighted by atomic mass is 10.0. The second kappa shape index (κ2) is 5.06. The number of carbonyl (C=O) groups excluding carboxylic acids is 1. The first-order chi connectivity index (χ1) is 9.33. The molecule has 1 aliphatic rings. The fourth-order valence-electron chi connectivity index (χ4n) is 2.17. The Bertz CT molecular complexity index is 598. The van der Waals surface area contributed by atoms with Crippen LogP contribution in [0.25, 0.3) is 0 Å². The molecule has 2 heterocycles. The minimum absolute atomic E-state index is 0.158. The fraction of sp³-hybridized carbons (Fsp3) is 0.214. The summed E-state index contributed by atoms with van der Waals surface area (Å²) in [6.07, 6.45) is 6.75. The minimum atomic E-state index is -0.158. The zero-order chi connectivity index (χ0) is 13.1. The third-order valence-corrected chi connectivity index (χ3v) is 3.11. The maximum Gasteiger partial charge on any atom is 0.256 e. The number of nitrogens with one attached hydrogen (secondary N) is 2. The molecule has 5 nitrogen and oxygen atoms in total. The van der Waals surface area contributed by atoms with E-state index >= 15 is 0 Å². The van der Waals surface area contributed by atoms with Gasteiger partial charge in [0.2, 0.25) is 0 Å². The van der Waals surface area contributed by atoms with Crippen LogP contribution in [0.4, 0.5) is 11.5 Å². The second-order valence-corrected chi connectivity index (χ2v) is 4.45. The molecule has 0 fully saturated rings. The summed E-state index contributed by atoms with van der Waals surface area (Å²) in [6, 6.07) is 5.72. The molecule has 0 aliphatic carbocycles. The summed E-state index contributed by atoms with van der Waals surface area (Å²) in [5, 5.41) is 6.06. The molecule has 0 radical (unpaired) electrons. The molecule has 1 aliphatic heterocycles. The number of benzene rings is 1. The molecule has 0 saturated carbocycles. The summed E-state index contributed by atoms with van der Waals surface area (Å²) >= 11 is 0. The van der Waals surface area contributed by atoms with Crippen LogP contribution in [-0.4, -0.2) is 22.4 Å². The van der Waals surface area contributed by atoms with E-state index in [0.717, 1.165) is 25.1 Å². The Morgan fingerprint density at radius 2 is 2.26 bits per heavy atom. The maximum atomic E-state index is 12.1. The predicted molar refractivity (Wildman–Crippen MR) is 73.2 cm³/mol. The van der Waals surface area contributed by atoms with Crippen LogP contribution < -0.4 is 10.6 Å². The van der Waals surface area contributed by atoms with Crippen molar-refractivity contribution in [1.29, 1.82) is 0 Å². The summed E-state index contributed by atoms with van der Waals surface area (Å²) in [5.74, 6) is 0.303. The number of nitrogens with zero attached hydrogens (tertiary/aromatic N) is 2. The Balaban J connectivity index is 1.80. The summed E-state index contributed by atoms with van der Waals surface area (Å²) in [5.41, 5.74) is 2.97. The van der Waals surface area contributed by atoms with Gasteiger partial charge in [0, 0.05) is 30.2 Å². The van der Waals surface area contributed by atoms with Crippen molar-refractivity contribution >= 4 is 17.4 Å². The van der Waals surface area contributed by atoms with Gasteiger partial charge in [-0.05, 0) is 36.6 Å². The first-order valence-corrected chi connectivity index (χ1v) is 6.27. The molecular formula is C14H14N4O. The SMILES string of the molecule is O=C(Nc1cnccn1)c1ccc2c(c1)CCCN2. The number of fused-ring (bicyclic) bond motifs is 1. The predicted octanol–water partition coefficient (Wildman–Crippen LogP) is 2.09. The van der Waals surface area contributed by atoms with E-state index in [0.29, 0.717) is 11.4 Å². The molecular weight excluding hydrogens is 240 g/mol. The summed E-state index contributed by atoms with van der Waals surface area (Å²) < 4.78 is 0. The molecule has 0 bridgehead atoms. The molecule has 96 valence electrons. The highest BCUT2D eigenvalue weighted by Crippen LogP contribution is 2.23. The van der Waals surface area contributed by atoms with Gasteiger partial charge in [-0.1, -0.05) is 0 Å². The molecule has 2 N–H and O–H groups in total. The standard InChI is InChI=1S/C14H14N4O/c19-14(18-13-9-15-6-7-17-13)11-3-4-12-10(8-11)2-1-5-16-12/h3-4,6-9,16H,1-2,5H2,(H,17,18,19). The highest BCUT2D eigenvalue weighted by Gasteiger charge is 2.12. The molecule has 1 aromatic heterocycles. The van der Waals surface area contributed by atoms with Crippen LogP contribution >= 0.6 is 0 Å². The molecule has 1 aromatic carbocycles. The molecule has 5 heteroatoms. The van der Waals surface area contributed by atoms with Gasteiger partial charge in [-0.25, -0.2) is 4.98 Å². The van der Waals surface area contributed by atoms with Crippen molar-refractivity contribution < 1.29 is 4.79 Å². The Hall–Kier alpha value is -2.43. The Morgan fingerprint density at radius 3 is 3.11 bits per heavy atom. The van der Waals surface area contributed by atoms with E-state index in [1.165, 1.54) is 11.8 Å². The van der Waals surface area contributed by atoms with Gasteiger partial charge in [0.1, 0.15) is 0 Å². The van der Waals surface area contributed by atoms with Crippen LogP contribution in [0, 0.1) is 0 Å². The largest absolute Gasteiger partial charge is 0.385 e. The lowest BCUT2D eigenvalue weighted by Gasteiger charge is -2.18. The van der Waals surface area contributed by atoms with Gasteiger partial charge in [-0.2, -0.15) is 0 Å². The molecule has 0 spiro atoms. The summed E-state index contributed by atoms with van der Waals surface area (Å²) in [6.45, 7) is 0.998. The third-order valence-electron chi connectivity index (χ3n) is 3.11. The van der Waals surface area contributed by atoms with Crippen LogP contribution in [0.15, 0.2) is 36.8 Å². The van der Waals surface area contributed by atoms with Crippen LogP contribution in [0.2, 0.25) is 0 Å². The normalized spacial score (nSPS) is 13.3. The number of hydrogen-bond acceptors (Lipinski definition) is 4. The van der Waals surface area contributed by atoms with E-state index in [1.54, 1.807) is 12.4 Å². The van der Waals surface area contributed by atoms with Gasteiger partial charge in [-0.15, -0.1) is 0 Å². The van der Waals surface area contributed by atoms with Crippen LogP contribution in [-0.2, 0) is 6.42 Å². The number of carbonyl (C=O) groups is 1. The summed E-state index contributed by atoms with van der Waals surface area (Å²) in [4.78, 5) is 20.0. The van der Waals surface area contributed by atoms with E-state index in [1.807, 2.05) is 18.2 Å². The van der Waals surface area contributed by atoms with Gasteiger partial charge in [0.15, 0.2) is 5.82 Å². The van der Waals surface area contributed by atoms with Gasteiger partial charge < -0.3 is 10.6 Å². The molecule has 0 unspecified atom stereocenters. The van der Waals surface area contributed by atoms with Crippen molar-refractivity contribution in [3.05, 3.63) is 47.9 Å². The van der Waals surface area contributed by atoms with Crippen molar-refractivity contribution in [2.24, 2.45) is 0 Å². The highest BCUT2D eigenvalue weighted by atomic mass is 16.1. The van der Waals surface area contributed by atoms with Crippen molar-refractivity contribution in [3.8, 4) is 0 Å². The lowest BCUT2D eigenvalue weighted by Crippen LogP contribution is -2.16. The quantitative estimate of drug-likeness (QED) is 0.861. The number of anilines is 2. The van der Waals surface area contributed by atoms with Gasteiger partial charge >= 0.3 is 0 Å². The number of aryl methyl sites for hydroxylation is 1.